The molecule has 11 heavy (non-hydrogen) atoms. The van der Waals surface area contributed by atoms with E-state index >= 15 is 0 Å². The Morgan fingerprint density at radius 1 is 1.73 bits per heavy atom. The minimum atomic E-state index is 0.395. The third kappa shape index (κ3) is 2.48. The van der Waals surface area contributed by atoms with Crippen molar-refractivity contribution < 1.29 is 0 Å². The van der Waals surface area contributed by atoms with Crippen LogP contribution in [0.25, 0.3) is 0 Å². The molecular formula is C6H6ClN3S. The summed E-state index contributed by atoms with van der Waals surface area (Å²) in [5, 5.41) is 11.0. The van der Waals surface area contributed by atoms with Gasteiger partial charge in [0.2, 0.25) is 0 Å². The quantitative estimate of drug-likeness (QED) is 0.535. The lowest BCUT2D eigenvalue weighted by molar-refractivity contribution is 0.839. The van der Waals surface area contributed by atoms with Crippen molar-refractivity contribution in [2.24, 2.45) is 0 Å². The number of hydrogen-bond donors (Lipinski definition) is 0. The summed E-state index contributed by atoms with van der Waals surface area (Å²) in [5.74, 6) is 0.799. The van der Waals surface area contributed by atoms with E-state index in [0.717, 1.165) is 10.6 Å². The fourth-order valence-corrected chi connectivity index (χ4v) is 1.32. The van der Waals surface area contributed by atoms with Crippen LogP contribution in [0.15, 0.2) is 23.7 Å². The molecule has 0 spiro atoms. The van der Waals surface area contributed by atoms with Crippen LogP contribution in [-0.4, -0.2) is 21.2 Å². The summed E-state index contributed by atoms with van der Waals surface area (Å²) < 4.78 is 0. The highest BCUT2D eigenvalue weighted by Crippen LogP contribution is 2.22. The van der Waals surface area contributed by atoms with Gasteiger partial charge < -0.3 is 0 Å². The molecule has 1 aromatic heterocycles. The van der Waals surface area contributed by atoms with E-state index in [9.17, 15) is 0 Å². The van der Waals surface area contributed by atoms with E-state index in [1.54, 1.807) is 12.3 Å². The first-order valence-corrected chi connectivity index (χ1v) is 4.28. The van der Waals surface area contributed by atoms with Crippen LogP contribution in [0.2, 0.25) is 5.15 Å². The number of halogens is 1. The van der Waals surface area contributed by atoms with Gasteiger partial charge in [-0.15, -0.1) is 28.5 Å². The highest BCUT2D eigenvalue weighted by Gasteiger charge is 1.99. The molecule has 0 bridgehead atoms. The molecule has 0 N–H and O–H groups in total. The van der Waals surface area contributed by atoms with E-state index in [1.807, 2.05) is 0 Å². The van der Waals surface area contributed by atoms with Crippen molar-refractivity contribution in [1.82, 2.24) is 15.4 Å². The molecule has 58 valence electrons. The lowest BCUT2D eigenvalue weighted by Gasteiger charge is -1.96. The molecule has 0 saturated carbocycles. The van der Waals surface area contributed by atoms with E-state index < -0.39 is 0 Å². The smallest absolute Gasteiger partial charge is 0.137 e. The molecule has 5 heteroatoms. The molecule has 0 fully saturated rings. The standard InChI is InChI=1S/C6H6ClN3S/c1-2-3-11-5-4-8-10-9-6(5)7/h2,4H,1,3H2. The molecule has 1 heterocycles. The Labute approximate surface area is 73.9 Å². The average Bonchev–Trinajstić information content (AvgIpc) is 2.03. The van der Waals surface area contributed by atoms with Crippen LogP contribution in [0.4, 0.5) is 0 Å². The van der Waals surface area contributed by atoms with Crippen LogP contribution in [0.1, 0.15) is 0 Å². The van der Waals surface area contributed by atoms with Crippen molar-refractivity contribution in [1.29, 1.82) is 0 Å². The number of aromatic nitrogens is 3. The zero-order valence-electron chi connectivity index (χ0n) is 5.70. The molecular weight excluding hydrogens is 182 g/mol. The minimum Gasteiger partial charge on any atom is -0.137 e. The third-order valence-electron chi connectivity index (χ3n) is 0.919. The van der Waals surface area contributed by atoms with E-state index in [-0.39, 0.29) is 0 Å². The molecule has 0 saturated heterocycles. The number of rotatable bonds is 3. The molecule has 0 radical (unpaired) electrons. The number of thioether (sulfide) groups is 1. The van der Waals surface area contributed by atoms with Crippen molar-refractivity contribution in [2.75, 3.05) is 5.75 Å². The minimum absolute atomic E-state index is 0.395. The van der Waals surface area contributed by atoms with Crippen molar-refractivity contribution in [3.05, 3.63) is 24.0 Å². The number of nitrogens with zero attached hydrogens (tertiary/aromatic N) is 3. The lowest BCUT2D eigenvalue weighted by Crippen LogP contribution is -1.88. The van der Waals surface area contributed by atoms with Crippen molar-refractivity contribution >= 4 is 23.4 Å². The highest BCUT2D eigenvalue weighted by molar-refractivity contribution is 7.99. The first-order valence-electron chi connectivity index (χ1n) is 2.92. The zero-order chi connectivity index (χ0) is 8.10. The molecule has 0 aliphatic rings. The van der Waals surface area contributed by atoms with Crippen molar-refractivity contribution in [3.8, 4) is 0 Å². The fourth-order valence-electron chi connectivity index (χ4n) is 0.491. The summed E-state index contributed by atoms with van der Waals surface area (Å²) in [6.07, 6.45) is 3.38. The second-order valence-electron chi connectivity index (χ2n) is 1.69. The van der Waals surface area contributed by atoms with Gasteiger partial charge in [-0.1, -0.05) is 17.7 Å². The second kappa shape index (κ2) is 4.31. The Balaban J connectivity index is 2.69. The molecule has 0 atom stereocenters. The Morgan fingerprint density at radius 3 is 3.18 bits per heavy atom. The Hall–Kier alpha value is -0.610. The van der Waals surface area contributed by atoms with Gasteiger partial charge in [0.05, 0.1) is 11.1 Å². The first-order chi connectivity index (χ1) is 5.34. The van der Waals surface area contributed by atoms with E-state index in [4.69, 9.17) is 11.6 Å². The van der Waals surface area contributed by atoms with Crippen LogP contribution < -0.4 is 0 Å². The number of hydrogen-bond acceptors (Lipinski definition) is 4. The zero-order valence-corrected chi connectivity index (χ0v) is 7.27. The van der Waals surface area contributed by atoms with Gasteiger partial charge in [0.1, 0.15) is 0 Å². The largest absolute Gasteiger partial charge is 0.168 e. The highest BCUT2D eigenvalue weighted by atomic mass is 35.5. The Bertz CT molecular complexity index is 253. The first kappa shape index (κ1) is 8.49. The summed E-state index contributed by atoms with van der Waals surface area (Å²) in [4.78, 5) is 0.835. The molecule has 0 unspecified atom stereocenters. The summed E-state index contributed by atoms with van der Waals surface area (Å²) in [7, 11) is 0. The van der Waals surface area contributed by atoms with Gasteiger partial charge in [0.15, 0.2) is 5.15 Å². The van der Waals surface area contributed by atoms with Crippen LogP contribution in [0.5, 0.6) is 0 Å². The van der Waals surface area contributed by atoms with Gasteiger partial charge in [-0.05, 0) is 5.21 Å². The lowest BCUT2D eigenvalue weighted by atomic mass is 10.7. The SMILES string of the molecule is C=CCSc1cnnnc1Cl. The molecule has 3 nitrogen and oxygen atoms in total. The van der Waals surface area contributed by atoms with E-state index in [2.05, 4.69) is 22.0 Å². The molecule has 1 aromatic rings. The third-order valence-corrected chi connectivity index (χ3v) is 2.32. The Kier molecular flexibility index (Phi) is 3.32. The predicted molar refractivity (Wildman–Crippen MR) is 45.8 cm³/mol. The van der Waals surface area contributed by atoms with Crippen molar-refractivity contribution in [3.63, 3.8) is 0 Å². The summed E-state index contributed by atoms with van der Waals surface area (Å²) in [5.41, 5.74) is 0. The van der Waals surface area contributed by atoms with Gasteiger partial charge in [-0.2, -0.15) is 0 Å². The molecule has 0 aliphatic heterocycles. The summed E-state index contributed by atoms with van der Waals surface area (Å²) in [6.45, 7) is 3.59. The van der Waals surface area contributed by atoms with Gasteiger partial charge >= 0.3 is 0 Å². The molecule has 0 amide bonds. The summed E-state index contributed by atoms with van der Waals surface area (Å²) >= 11 is 7.22. The predicted octanol–water partition coefficient (Wildman–Crippen LogP) is 1.80. The van der Waals surface area contributed by atoms with Crippen LogP contribution >= 0.6 is 23.4 Å². The molecule has 1 rings (SSSR count). The van der Waals surface area contributed by atoms with Crippen LogP contribution in [0.3, 0.4) is 0 Å². The Morgan fingerprint density at radius 2 is 2.55 bits per heavy atom. The molecule has 0 aromatic carbocycles. The maximum Gasteiger partial charge on any atom is 0.168 e. The van der Waals surface area contributed by atoms with E-state index in [1.165, 1.54) is 11.8 Å². The van der Waals surface area contributed by atoms with Gasteiger partial charge in [0.25, 0.3) is 0 Å². The maximum absolute atomic E-state index is 5.69. The van der Waals surface area contributed by atoms with Gasteiger partial charge in [0, 0.05) is 5.75 Å². The normalized spacial score (nSPS) is 9.55. The summed E-state index contributed by atoms with van der Waals surface area (Å²) in [6, 6.07) is 0. The maximum atomic E-state index is 5.69. The topological polar surface area (TPSA) is 38.7 Å². The van der Waals surface area contributed by atoms with Gasteiger partial charge in [-0.3, -0.25) is 0 Å². The van der Waals surface area contributed by atoms with Crippen LogP contribution in [-0.2, 0) is 0 Å². The van der Waals surface area contributed by atoms with Crippen molar-refractivity contribution in [2.45, 2.75) is 4.90 Å². The van der Waals surface area contributed by atoms with Gasteiger partial charge in [-0.25, -0.2) is 0 Å². The second-order valence-corrected chi connectivity index (χ2v) is 3.11. The van der Waals surface area contributed by atoms with Crippen LogP contribution in [0, 0.1) is 0 Å². The monoisotopic (exact) mass is 187 g/mol. The van der Waals surface area contributed by atoms with E-state index in [0.29, 0.717) is 5.15 Å². The molecule has 0 aliphatic carbocycles. The fraction of sp³-hybridized carbons (Fsp3) is 0.167. The average molecular weight is 188 g/mol.